The SMILES string of the molecule is CC(C)(C)[S+]([O-])N[C@H]1CCC12CCN(C(=O)O)CC2. The van der Waals surface area contributed by atoms with Gasteiger partial charge >= 0.3 is 6.09 Å². The highest BCUT2D eigenvalue weighted by Gasteiger charge is 2.51. The van der Waals surface area contributed by atoms with Crippen molar-refractivity contribution in [1.29, 1.82) is 0 Å². The van der Waals surface area contributed by atoms with E-state index in [-0.39, 0.29) is 16.2 Å². The van der Waals surface area contributed by atoms with Crippen molar-refractivity contribution in [2.75, 3.05) is 13.1 Å². The molecule has 1 amide bonds. The molecule has 1 heterocycles. The fourth-order valence-electron chi connectivity index (χ4n) is 2.93. The summed E-state index contributed by atoms with van der Waals surface area (Å²) in [5.41, 5.74) is 0.173. The summed E-state index contributed by atoms with van der Waals surface area (Å²) in [6.07, 6.45) is 3.13. The Morgan fingerprint density at radius 3 is 2.32 bits per heavy atom. The predicted octanol–water partition coefficient (Wildman–Crippen LogP) is 1.96. The minimum atomic E-state index is -1.04. The van der Waals surface area contributed by atoms with Gasteiger partial charge in [-0.25, -0.2) is 4.79 Å². The Bertz CT molecular complexity index is 348. The molecule has 0 aromatic heterocycles. The van der Waals surface area contributed by atoms with E-state index in [1.54, 1.807) is 0 Å². The minimum Gasteiger partial charge on any atom is -0.598 e. The van der Waals surface area contributed by atoms with Crippen molar-refractivity contribution in [3.8, 4) is 0 Å². The van der Waals surface area contributed by atoms with Gasteiger partial charge in [0, 0.05) is 24.5 Å². The van der Waals surface area contributed by atoms with Gasteiger partial charge in [-0.1, -0.05) is 0 Å². The zero-order chi connectivity index (χ0) is 14.3. The van der Waals surface area contributed by atoms with Crippen LogP contribution < -0.4 is 4.72 Å². The first-order valence-electron chi connectivity index (χ1n) is 6.90. The summed E-state index contributed by atoms with van der Waals surface area (Å²) in [7, 11) is 0. The van der Waals surface area contributed by atoms with Crippen LogP contribution in [0.15, 0.2) is 0 Å². The summed E-state index contributed by atoms with van der Waals surface area (Å²) in [5.74, 6) is 0. The molecule has 2 N–H and O–H groups in total. The van der Waals surface area contributed by atoms with Gasteiger partial charge < -0.3 is 14.6 Å². The molecule has 19 heavy (non-hydrogen) atoms. The van der Waals surface area contributed by atoms with Crippen LogP contribution in [0.25, 0.3) is 0 Å². The predicted molar refractivity (Wildman–Crippen MR) is 75.3 cm³/mol. The molecule has 6 heteroatoms. The van der Waals surface area contributed by atoms with Crippen molar-refractivity contribution in [2.24, 2.45) is 5.41 Å². The van der Waals surface area contributed by atoms with Gasteiger partial charge in [0.05, 0.1) is 6.04 Å². The van der Waals surface area contributed by atoms with Crippen LogP contribution in [-0.4, -0.2) is 44.5 Å². The number of piperidine rings is 1. The number of hydrogen-bond acceptors (Lipinski definition) is 3. The van der Waals surface area contributed by atoms with Crippen LogP contribution in [-0.2, 0) is 11.4 Å². The van der Waals surface area contributed by atoms with Crippen LogP contribution in [0.2, 0.25) is 0 Å². The molecular formula is C13H24N2O3S. The van der Waals surface area contributed by atoms with E-state index in [2.05, 4.69) is 4.72 Å². The maximum Gasteiger partial charge on any atom is 0.407 e. The minimum absolute atomic E-state index is 0.173. The average molecular weight is 288 g/mol. The normalized spacial score (nSPS) is 28.0. The molecule has 0 aromatic rings. The number of likely N-dealkylation sites (tertiary alicyclic amines) is 1. The first kappa shape index (κ1) is 14.9. The van der Waals surface area contributed by atoms with Gasteiger partial charge in [-0.15, -0.1) is 4.72 Å². The van der Waals surface area contributed by atoms with Crippen LogP contribution >= 0.6 is 0 Å². The standard InChI is InChI=1S/C13H24N2O3S/c1-12(2,3)19(18)14-10-4-5-13(10)6-8-15(9-7-13)11(16)17/h10,14H,4-9H2,1-3H3,(H,16,17)/t10-,19?/m0/s1. The van der Waals surface area contributed by atoms with Crippen molar-refractivity contribution in [3.05, 3.63) is 0 Å². The first-order chi connectivity index (χ1) is 8.74. The number of carbonyl (C=O) groups is 1. The Hall–Kier alpha value is -0.460. The molecular weight excluding hydrogens is 264 g/mol. The Kier molecular flexibility index (Phi) is 4.05. The Morgan fingerprint density at radius 1 is 1.37 bits per heavy atom. The molecule has 2 atom stereocenters. The third-order valence-electron chi connectivity index (χ3n) is 4.51. The lowest BCUT2D eigenvalue weighted by Gasteiger charge is -2.53. The molecule has 2 fully saturated rings. The Morgan fingerprint density at radius 2 is 1.95 bits per heavy atom. The fraction of sp³-hybridized carbons (Fsp3) is 0.923. The Balaban J connectivity index is 1.91. The Labute approximate surface area is 118 Å². The third kappa shape index (κ3) is 3.01. The van der Waals surface area contributed by atoms with E-state index >= 15 is 0 Å². The van der Waals surface area contributed by atoms with Gasteiger partial charge in [-0.2, -0.15) is 0 Å². The molecule has 1 unspecified atom stereocenters. The van der Waals surface area contributed by atoms with Crippen LogP contribution in [0.1, 0.15) is 46.5 Å². The highest BCUT2D eigenvalue weighted by Crippen LogP contribution is 2.49. The van der Waals surface area contributed by atoms with Crippen molar-refractivity contribution < 1.29 is 14.5 Å². The van der Waals surface area contributed by atoms with Crippen molar-refractivity contribution >= 4 is 17.5 Å². The van der Waals surface area contributed by atoms with Crippen LogP contribution in [0.4, 0.5) is 4.79 Å². The molecule has 5 nitrogen and oxygen atoms in total. The maximum absolute atomic E-state index is 12.2. The molecule has 2 aliphatic rings. The van der Waals surface area contributed by atoms with Crippen LogP contribution in [0, 0.1) is 5.41 Å². The van der Waals surface area contributed by atoms with Crippen molar-refractivity contribution in [2.45, 2.75) is 57.2 Å². The summed E-state index contributed by atoms with van der Waals surface area (Å²) < 4.78 is 15.2. The lowest BCUT2D eigenvalue weighted by molar-refractivity contribution is 0.00666. The average Bonchev–Trinajstić information content (AvgIpc) is 2.33. The zero-order valence-corrected chi connectivity index (χ0v) is 12.8. The van der Waals surface area contributed by atoms with E-state index in [9.17, 15) is 9.35 Å². The van der Waals surface area contributed by atoms with Crippen molar-refractivity contribution in [3.63, 3.8) is 0 Å². The van der Waals surface area contributed by atoms with Gasteiger partial charge in [-0.3, -0.25) is 0 Å². The van der Waals surface area contributed by atoms with Gasteiger partial charge in [0.2, 0.25) is 0 Å². The zero-order valence-electron chi connectivity index (χ0n) is 11.9. The lowest BCUT2D eigenvalue weighted by Crippen LogP contribution is -2.61. The molecule has 1 aliphatic heterocycles. The van der Waals surface area contributed by atoms with Crippen LogP contribution in [0.3, 0.4) is 0 Å². The van der Waals surface area contributed by atoms with Gasteiger partial charge in [-0.05, 0) is 51.9 Å². The molecule has 0 bridgehead atoms. The quantitative estimate of drug-likeness (QED) is 0.762. The maximum atomic E-state index is 12.2. The number of carboxylic acid groups (broad SMARTS) is 1. The van der Waals surface area contributed by atoms with Gasteiger partial charge in [0.1, 0.15) is 4.75 Å². The van der Waals surface area contributed by atoms with E-state index < -0.39 is 17.5 Å². The van der Waals surface area contributed by atoms with Crippen molar-refractivity contribution in [1.82, 2.24) is 9.62 Å². The van der Waals surface area contributed by atoms with Gasteiger partial charge in [0.25, 0.3) is 0 Å². The summed E-state index contributed by atoms with van der Waals surface area (Å²) in [6.45, 7) is 7.11. The van der Waals surface area contributed by atoms with E-state index in [4.69, 9.17) is 5.11 Å². The van der Waals surface area contributed by atoms with E-state index in [1.807, 2.05) is 20.8 Å². The number of nitrogens with one attached hydrogen (secondary N) is 1. The number of hydrogen-bond donors (Lipinski definition) is 2. The number of amides is 1. The smallest absolute Gasteiger partial charge is 0.407 e. The monoisotopic (exact) mass is 288 g/mol. The fourth-order valence-corrected chi connectivity index (χ4v) is 3.91. The van der Waals surface area contributed by atoms with E-state index in [0.717, 1.165) is 25.7 Å². The summed E-state index contributed by atoms with van der Waals surface area (Å²) in [6, 6.07) is 0.281. The molecule has 1 aliphatic carbocycles. The third-order valence-corrected chi connectivity index (χ3v) is 6.12. The molecule has 1 spiro atoms. The largest absolute Gasteiger partial charge is 0.598 e. The summed E-state index contributed by atoms with van der Waals surface area (Å²) in [5, 5.41) is 8.98. The van der Waals surface area contributed by atoms with Gasteiger partial charge in [0.15, 0.2) is 0 Å². The molecule has 1 saturated heterocycles. The molecule has 0 radical (unpaired) electrons. The number of rotatable bonds is 2. The second-order valence-electron chi connectivity index (χ2n) is 6.72. The highest BCUT2D eigenvalue weighted by molar-refractivity contribution is 7.90. The van der Waals surface area contributed by atoms with E-state index in [1.165, 1.54) is 4.90 Å². The van der Waals surface area contributed by atoms with E-state index in [0.29, 0.717) is 13.1 Å². The lowest BCUT2D eigenvalue weighted by atomic mass is 9.60. The topological polar surface area (TPSA) is 75.6 Å². The second kappa shape index (κ2) is 5.14. The molecule has 110 valence electrons. The molecule has 2 rings (SSSR count). The highest BCUT2D eigenvalue weighted by atomic mass is 32.2. The summed E-state index contributed by atoms with van der Waals surface area (Å²) in [4.78, 5) is 12.4. The summed E-state index contributed by atoms with van der Waals surface area (Å²) >= 11 is -1.04. The molecule has 1 saturated carbocycles. The number of nitrogens with zero attached hydrogens (tertiary/aromatic N) is 1. The van der Waals surface area contributed by atoms with Crippen LogP contribution in [0.5, 0.6) is 0 Å². The first-order valence-corrected chi connectivity index (χ1v) is 8.05. The molecule has 0 aromatic carbocycles. The second-order valence-corrected chi connectivity index (χ2v) is 8.72.